The van der Waals surface area contributed by atoms with E-state index in [1.807, 2.05) is 6.07 Å². The van der Waals surface area contributed by atoms with Crippen molar-refractivity contribution in [2.24, 2.45) is 0 Å². The summed E-state index contributed by atoms with van der Waals surface area (Å²) in [5.41, 5.74) is 1.79. The van der Waals surface area contributed by atoms with Crippen LogP contribution in [0, 0.1) is 11.6 Å². The number of rotatable bonds is 4. The second-order valence-corrected chi connectivity index (χ2v) is 6.25. The minimum absolute atomic E-state index is 0.216. The maximum Gasteiger partial charge on any atom is 0.123 e. The number of hydrogen-bond acceptors (Lipinski definition) is 4. The third-order valence-electron chi connectivity index (χ3n) is 4.70. The minimum Gasteiger partial charge on any atom is -0.492 e. The number of nitrogens with zero attached hydrogens (tertiary/aromatic N) is 1. The van der Waals surface area contributed by atoms with Crippen molar-refractivity contribution in [2.75, 3.05) is 37.8 Å². The van der Waals surface area contributed by atoms with Gasteiger partial charge in [-0.2, -0.15) is 0 Å². The number of nitrogens with one attached hydrogen (secondary N) is 2. The molecule has 2 heterocycles. The molecule has 0 saturated carbocycles. The molecule has 2 aliphatic rings. The van der Waals surface area contributed by atoms with E-state index in [0.717, 1.165) is 31.0 Å². The zero-order valence-electron chi connectivity index (χ0n) is 13.2. The predicted octanol–water partition coefficient (Wildman–Crippen LogP) is 2.21. The Balaban J connectivity index is 1.47. The fourth-order valence-corrected chi connectivity index (χ4v) is 3.54. The Morgan fingerprint density at radius 3 is 2.62 bits per heavy atom. The lowest BCUT2D eigenvalue weighted by molar-refractivity contribution is 0.319. The van der Waals surface area contributed by atoms with Crippen molar-refractivity contribution in [3.05, 3.63) is 59.7 Å². The number of ether oxygens (including phenoxy) is 1. The van der Waals surface area contributed by atoms with Crippen LogP contribution < -0.4 is 20.3 Å². The summed E-state index contributed by atoms with van der Waals surface area (Å²) in [4.78, 5) is 2.21. The molecule has 4 rings (SSSR count). The van der Waals surface area contributed by atoms with Gasteiger partial charge in [0.25, 0.3) is 0 Å². The molecule has 0 amide bonds. The first-order valence-electron chi connectivity index (χ1n) is 8.05. The summed E-state index contributed by atoms with van der Waals surface area (Å²) in [6.07, 6.45) is 0. The third-order valence-corrected chi connectivity index (χ3v) is 4.70. The second-order valence-electron chi connectivity index (χ2n) is 6.25. The van der Waals surface area contributed by atoms with Gasteiger partial charge in [0.15, 0.2) is 0 Å². The molecule has 24 heavy (non-hydrogen) atoms. The van der Waals surface area contributed by atoms with Gasteiger partial charge in [-0.05, 0) is 42.5 Å². The van der Waals surface area contributed by atoms with Crippen molar-refractivity contribution in [1.29, 1.82) is 0 Å². The van der Waals surface area contributed by atoms with Gasteiger partial charge in [-0.1, -0.05) is 0 Å². The first-order chi connectivity index (χ1) is 11.7. The lowest BCUT2D eigenvalue weighted by atomic mass is 9.93. The van der Waals surface area contributed by atoms with Crippen LogP contribution in [0.15, 0.2) is 42.5 Å². The molecule has 1 unspecified atom stereocenters. The maximum absolute atomic E-state index is 13.7. The highest BCUT2D eigenvalue weighted by Gasteiger charge is 2.44. The summed E-state index contributed by atoms with van der Waals surface area (Å²) in [5, 5.41) is 6.75. The van der Waals surface area contributed by atoms with Gasteiger partial charge in [-0.3, -0.25) is 5.32 Å². The Morgan fingerprint density at radius 1 is 1.08 bits per heavy atom. The fourth-order valence-electron chi connectivity index (χ4n) is 3.54. The third kappa shape index (κ3) is 2.72. The number of anilines is 1. The van der Waals surface area contributed by atoms with E-state index < -0.39 is 0 Å². The summed E-state index contributed by atoms with van der Waals surface area (Å²) in [7, 11) is 0. The molecule has 2 N–H and O–H groups in total. The van der Waals surface area contributed by atoms with Gasteiger partial charge in [0.1, 0.15) is 24.0 Å². The van der Waals surface area contributed by atoms with Crippen molar-refractivity contribution in [3.63, 3.8) is 0 Å². The SMILES string of the molecule is Fc1ccc(OCCN2CC3(CNCN3)c3cc(F)ccc32)cc1. The highest BCUT2D eigenvalue weighted by atomic mass is 19.1. The lowest BCUT2D eigenvalue weighted by Gasteiger charge is -2.25. The quantitative estimate of drug-likeness (QED) is 0.901. The highest BCUT2D eigenvalue weighted by Crippen LogP contribution is 2.40. The number of benzene rings is 2. The molecule has 1 spiro atoms. The number of hydrogen-bond donors (Lipinski definition) is 2. The van der Waals surface area contributed by atoms with Crippen molar-refractivity contribution >= 4 is 5.69 Å². The van der Waals surface area contributed by atoms with Gasteiger partial charge in [-0.25, -0.2) is 8.78 Å². The van der Waals surface area contributed by atoms with Crippen molar-refractivity contribution in [2.45, 2.75) is 5.54 Å². The van der Waals surface area contributed by atoms with Crippen LogP contribution in [0.1, 0.15) is 5.56 Å². The van der Waals surface area contributed by atoms with Crippen LogP contribution in [0.4, 0.5) is 14.5 Å². The van der Waals surface area contributed by atoms with Gasteiger partial charge in [0, 0.05) is 31.0 Å². The molecular weight excluding hydrogens is 312 g/mol. The molecule has 2 aliphatic heterocycles. The molecule has 4 nitrogen and oxygen atoms in total. The van der Waals surface area contributed by atoms with E-state index in [1.165, 1.54) is 18.2 Å². The predicted molar refractivity (Wildman–Crippen MR) is 88.2 cm³/mol. The summed E-state index contributed by atoms with van der Waals surface area (Å²) in [6, 6.07) is 10.9. The fraction of sp³-hybridized carbons (Fsp3) is 0.333. The average molecular weight is 331 g/mol. The van der Waals surface area contributed by atoms with E-state index in [0.29, 0.717) is 18.9 Å². The zero-order valence-corrected chi connectivity index (χ0v) is 13.2. The van der Waals surface area contributed by atoms with E-state index >= 15 is 0 Å². The van der Waals surface area contributed by atoms with Crippen LogP contribution in [0.5, 0.6) is 5.75 Å². The van der Waals surface area contributed by atoms with Gasteiger partial charge >= 0.3 is 0 Å². The normalized spacial score (nSPS) is 22.2. The first-order valence-corrected chi connectivity index (χ1v) is 8.05. The molecule has 1 saturated heterocycles. The van der Waals surface area contributed by atoms with Crippen molar-refractivity contribution in [1.82, 2.24) is 10.6 Å². The molecule has 0 radical (unpaired) electrons. The van der Waals surface area contributed by atoms with Gasteiger partial charge in [-0.15, -0.1) is 0 Å². The molecule has 0 aliphatic carbocycles. The molecule has 6 heteroatoms. The average Bonchev–Trinajstić information content (AvgIpc) is 3.16. The molecule has 126 valence electrons. The van der Waals surface area contributed by atoms with Crippen molar-refractivity contribution < 1.29 is 13.5 Å². The maximum atomic E-state index is 13.7. The van der Waals surface area contributed by atoms with Crippen LogP contribution in [0.2, 0.25) is 0 Å². The van der Waals surface area contributed by atoms with Gasteiger partial charge in [0.2, 0.25) is 0 Å². The van der Waals surface area contributed by atoms with E-state index in [-0.39, 0.29) is 17.2 Å². The molecule has 1 atom stereocenters. The van der Waals surface area contributed by atoms with Crippen LogP contribution in [0.25, 0.3) is 0 Å². The van der Waals surface area contributed by atoms with Crippen LogP contribution in [0.3, 0.4) is 0 Å². The summed E-state index contributed by atoms with van der Waals surface area (Å²) in [6.45, 7) is 3.42. The Hall–Kier alpha value is -2.18. The number of halogens is 2. The number of fused-ring (bicyclic) bond motifs is 2. The van der Waals surface area contributed by atoms with Crippen molar-refractivity contribution in [3.8, 4) is 5.75 Å². The Morgan fingerprint density at radius 2 is 1.88 bits per heavy atom. The van der Waals surface area contributed by atoms with E-state index in [9.17, 15) is 8.78 Å². The Bertz CT molecular complexity index is 730. The molecule has 2 aromatic rings. The van der Waals surface area contributed by atoms with Crippen LogP contribution in [-0.4, -0.2) is 32.9 Å². The molecular formula is C18H19F2N3O. The highest BCUT2D eigenvalue weighted by molar-refractivity contribution is 5.63. The zero-order chi connectivity index (χ0) is 16.6. The molecule has 1 fully saturated rings. The standard InChI is InChI=1S/C18H19F2N3O/c19-13-1-4-15(5-2-13)24-8-7-23-11-18(10-21-12-22-18)16-9-14(20)3-6-17(16)23/h1-6,9,21-22H,7-8,10-12H2. The van der Waals surface area contributed by atoms with E-state index in [1.54, 1.807) is 18.2 Å². The largest absolute Gasteiger partial charge is 0.492 e. The van der Waals surface area contributed by atoms with Crippen LogP contribution in [-0.2, 0) is 5.54 Å². The van der Waals surface area contributed by atoms with Gasteiger partial charge in [0.05, 0.1) is 12.1 Å². The Kier molecular flexibility index (Phi) is 3.86. The summed E-state index contributed by atoms with van der Waals surface area (Å²) < 4.78 is 32.3. The summed E-state index contributed by atoms with van der Waals surface area (Å²) >= 11 is 0. The molecule has 0 bridgehead atoms. The topological polar surface area (TPSA) is 36.5 Å². The van der Waals surface area contributed by atoms with E-state index in [2.05, 4.69) is 15.5 Å². The first kappa shape index (κ1) is 15.4. The molecule has 0 aromatic heterocycles. The minimum atomic E-state index is -0.278. The molecule has 2 aromatic carbocycles. The van der Waals surface area contributed by atoms with E-state index in [4.69, 9.17) is 4.74 Å². The van der Waals surface area contributed by atoms with Crippen LogP contribution >= 0.6 is 0 Å². The monoisotopic (exact) mass is 331 g/mol. The smallest absolute Gasteiger partial charge is 0.123 e. The van der Waals surface area contributed by atoms with Gasteiger partial charge < -0.3 is 15.0 Å². The second kappa shape index (κ2) is 6.03. The Labute approximate surface area is 139 Å². The lowest BCUT2D eigenvalue weighted by Crippen LogP contribution is -2.44. The summed E-state index contributed by atoms with van der Waals surface area (Å²) in [5.74, 6) is 0.149.